The number of carbonyl (C=O) groups is 2. The van der Waals surface area contributed by atoms with E-state index in [-0.39, 0.29) is 24.3 Å². The zero-order chi connectivity index (χ0) is 33.7. The average molecular weight is 769 g/mol. The Bertz CT molecular complexity index is 2050. The number of fused-ring (bicyclic) bond motifs is 1. The molecule has 1 aliphatic rings. The van der Waals surface area contributed by atoms with E-state index in [1.54, 1.807) is 55.0 Å². The number of para-hydroxylation sites is 1. The largest absolute Gasteiger partial charge is 0.496 e. The van der Waals surface area contributed by atoms with Crippen LogP contribution in [0.15, 0.2) is 81.7 Å². The normalized spacial score (nSPS) is 14.3. The lowest BCUT2D eigenvalue weighted by atomic mass is 9.93. The van der Waals surface area contributed by atoms with Crippen LogP contribution < -0.4 is 29.1 Å². The van der Waals surface area contributed by atoms with Gasteiger partial charge in [-0.2, -0.15) is 0 Å². The van der Waals surface area contributed by atoms with E-state index in [0.29, 0.717) is 61.0 Å². The number of carboxylic acids is 1. The molecule has 4 aromatic rings. The third-order valence-corrected chi connectivity index (χ3v) is 9.22. The van der Waals surface area contributed by atoms with Gasteiger partial charge in [0.2, 0.25) is 0 Å². The fourth-order valence-electron chi connectivity index (χ4n) is 5.37. The summed E-state index contributed by atoms with van der Waals surface area (Å²) in [6.45, 7) is 4.07. The molecule has 0 aliphatic carbocycles. The minimum atomic E-state index is -1.01. The first kappa shape index (κ1) is 33.9. The third-order valence-electron chi connectivity index (χ3n) is 7.43. The van der Waals surface area contributed by atoms with Crippen LogP contribution in [0.4, 0.5) is 0 Å². The van der Waals surface area contributed by atoms with Gasteiger partial charge in [-0.1, -0.05) is 55.0 Å². The smallest absolute Gasteiger partial charge is 0.338 e. The SMILES string of the molecule is CCCC1=C(C(=O)OCC)[C@H](c2ccccc2OC)n2c(s/c(=C\c3cc(I)c(OCc4cccc(C(=O)O)c4)c(OC)c3)c2=O)=N1. The number of halogens is 1. The van der Waals surface area contributed by atoms with Crippen molar-refractivity contribution in [3.05, 3.63) is 117 Å². The molecule has 0 saturated carbocycles. The Morgan fingerprint density at radius 2 is 1.81 bits per heavy atom. The number of carboxylic acid groups (broad SMARTS) is 1. The first-order valence-electron chi connectivity index (χ1n) is 14.9. The summed E-state index contributed by atoms with van der Waals surface area (Å²) < 4.78 is 25.6. The van der Waals surface area contributed by atoms with E-state index in [0.717, 1.165) is 9.99 Å². The van der Waals surface area contributed by atoms with Crippen LogP contribution in [0.3, 0.4) is 0 Å². The molecule has 1 atom stereocenters. The van der Waals surface area contributed by atoms with Gasteiger partial charge in [0.1, 0.15) is 18.4 Å². The molecular weight excluding hydrogens is 735 g/mol. The molecule has 244 valence electrons. The predicted octanol–water partition coefficient (Wildman–Crippen LogP) is 5.48. The lowest BCUT2D eigenvalue weighted by molar-refractivity contribution is -0.139. The summed E-state index contributed by atoms with van der Waals surface area (Å²) >= 11 is 3.38. The van der Waals surface area contributed by atoms with Gasteiger partial charge in [0.05, 0.1) is 45.8 Å². The highest BCUT2D eigenvalue weighted by molar-refractivity contribution is 14.1. The number of thiazole rings is 1. The zero-order valence-corrected chi connectivity index (χ0v) is 29.2. The molecule has 0 spiro atoms. The number of methoxy groups -OCH3 is 2. The number of aromatic carboxylic acids is 1. The van der Waals surface area contributed by atoms with Crippen molar-refractivity contribution in [2.75, 3.05) is 20.8 Å². The summed E-state index contributed by atoms with van der Waals surface area (Å²) in [5.74, 6) is -0.0499. The summed E-state index contributed by atoms with van der Waals surface area (Å²) in [4.78, 5) is 44.3. The van der Waals surface area contributed by atoms with E-state index in [1.807, 2.05) is 31.2 Å². The van der Waals surface area contributed by atoms with Gasteiger partial charge in [0.15, 0.2) is 16.3 Å². The van der Waals surface area contributed by atoms with Crippen molar-refractivity contribution in [1.29, 1.82) is 0 Å². The van der Waals surface area contributed by atoms with Crippen molar-refractivity contribution in [2.45, 2.75) is 39.3 Å². The van der Waals surface area contributed by atoms with Gasteiger partial charge >= 0.3 is 11.9 Å². The number of ether oxygens (including phenoxy) is 4. The van der Waals surface area contributed by atoms with Gasteiger partial charge in [0, 0.05) is 5.56 Å². The zero-order valence-electron chi connectivity index (χ0n) is 26.2. The van der Waals surface area contributed by atoms with Crippen LogP contribution in [-0.4, -0.2) is 42.4 Å². The number of allylic oxidation sites excluding steroid dienone is 1. The van der Waals surface area contributed by atoms with Crippen LogP contribution in [-0.2, 0) is 16.1 Å². The highest BCUT2D eigenvalue weighted by atomic mass is 127. The second-order valence-electron chi connectivity index (χ2n) is 10.5. The van der Waals surface area contributed by atoms with Gasteiger partial charge in [-0.15, -0.1) is 0 Å². The number of hydrogen-bond donors (Lipinski definition) is 1. The number of esters is 1. The number of nitrogens with zero attached hydrogens (tertiary/aromatic N) is 2. The molecule has 1 aliphatic heterocycles. The van der Waals surface area contributed by atoms with Gasteiger partial charge < -0.3 is 24.1 Å². The van der Waals surface area contributed by atoms with Crippen molar-refractivity contribution in [2.24, 2.45) is 4.99 Å². The van der Waals surface area contributed by atoms with Crippen molar-refractivity contribution in [3.63, 3.8) is 0 Å². The van der Waals surface area contributed by atoms with E-state index in [1.165, 1.54) is 24.5 Å². The second kappa shape index (κ2) is 15.0. The van der Waals surface area contributed by atoms with Crippen LogP contribution in [0, 0.1) is 3.57 Å². The standard InChI is InChI=1S/C35H33IN2O8S/c1-5-10-25-29(34(42)45-6-2)30(23-13-7-8-14-26(23)43-3)38-32(39)28(47-35(38)37-25)18-21-16-24(36)31(27(17-21)44-4)46-19-20-11-9-12-22(15-20)33(40)41/h7-9,11-18,30H,5-6,10,19H2,1-4H3,(H,40,41)/b28-18-/t30-/m0/s1. The number of rotatable bonds is 12. The van der Waals surface area contributed by atoms with Crippen molar-refractivity contribution in [1.82, 2.24) is 4.57 Å². The van der Waals surface area contributed by atoms with Gasteiger partial charge in [0.25, 0.3) is 5.56 Å². The number of carbonyl (C=O) groups excluding carboxylic acids is 1. The predicted molar refractivity (Wildman–Crippen MR) is 186 cm³/mol. The molecule has 0 fully saturated rings. The Balaban J connectivity index is 1.60. The molecular formula is C35H33IN2O8S. The maximum Gasteiger partial charge on any atom is 0.338 e. The lowest BCUT2D eigenvalue weighted by Crippen LogP contribution is -2.40. The monoisotopic (exact) mass is 768 g/mol. The van der Waals surface area contributed by atoms with E-state index < -0.39 is 18.0 Å². The maximum atomic E-state index is 14.2. The highest BCUT2D eigenvalue weighted by Gasteiger charge is 2.35. The van der Waals surface area contributed by atoms with E-state index in [9.17, 15) is 19.5 Å². The highest BCUT2D eigenvalue weighted by Crippen LogP contribution is 2.37. The molecule has 2 heterocycles. The second-order valence-corrected chi connectivity index (χ2v) is 12.7. The van der Waals surface area contributed by atoms with Crippen LogP contribution in [0.5, 0.6) is 17.2 Å². The van der Waals surface area contributed by atoms with E-state index >= 15 is 0 Å². The molecule has 1 aromatic heterocycles. The summed E-state index contributed by atoms with van der Waals surface area (Å²) in [7, 11) is 3.08. The summed E-state index contributed by atoms with van der Waals surface area (Å²) in [6.07, 6.45) is 3.04. The van der Waals surface area contributed by atoms with Gasteiger partial charge in [-0.3, -0.25) is 9.36 Å². The quantitative estimate of drug-likeness (QED) is 0.149. The molecule has 10 nitrogen and oxygen atoms in total. The Morgan fingerprint density at radius 3 is 2.51 bits per heavy atom. The molecule has 47 heavy (non-hydrogen) atoms. The Kier molecular flexibility index (Phi) is 10.8. The molecule has 12 heteroatoms. The minimum absolute atomic E-state index is 0.136. The summed E-state index contributed by atoms with van der Waals surface area (Å²) in [5, 5.41) is 9.31. The van der Waals surface area contributed by atoms with Crippen molar-refractivity contribution < 1.29 is 33.6 Å². The number of hydrogen-bond acceptors (Lipinski definition) is 9. The summed E-state index contributed by atoms with van der Waals surface area (Å²) in [6, 6.07) is 16.7. The first-order chi connectivity index (χ1) is 22.7. The number of aromatic nitrogens is 1. The van der Waals surface area contributed by atoms with Crippen LogP contribution in [0.2, 0.25) is 0 Å². The summed E-state index contributed by atoms with van der Waals surface area (Å²) in [5.41, 5.74) is 2.82. The fraction of sp³-hybridized carbons (Fsp3) is 0.257. The molecule has 0 bridgehead atoms. The van der Waals surface area contributed by atoms with Gasteiger partial charge in [-0.05, 0) is 83.5 Å². The van der Waals surface area contributed by atoms with Crippen molar-refractivity contribution >= 4 is 51.9 Å². The topological polar surface area (TPSA) is 126 Å². The minimum Gasteiger partial charge on any atom is -0.496 e. The number of benzene rings is 3. The molecule has 0 unspecified atom stereocenters. The Morgan fingerprint density at radius 1 is 1.04 bits per heavy atom. The lowest BCUT2D eigenvalue weighted by Gasteiger charge is -2.26. The fourth-order valence-corrected chi connectivity index (χ4v) is 7.17. The molecule has 0 saturated heterocycles. The molecule has 0 radical (unpaired) electrons. The van der Waals surface area contributed by atoms with Crippen LogP contribution >= 0.6 is 33.9 Å². The van der Waals surface area contributed by atoms with E-state index in [2.05, 4.69) is 22.6 Å². The first-order valence-corrected chi connectivity index (χ1v) is 16.8. The van der Waals surface area contributed by atoms with Gasteiger partial charge in [-0.25, -0.2) is 14.6 Å². The maximum absolute atomic E-state index is 14.2. The molecule has 5 rings (SSSR count). The van der Waals surface area contributed by atoms with E-state index in [4.69, 9.17) is 23.9 Å². The average Bonchev–Trinajstić information content (AvgIpc) is 3.37. The van der Waals surface area contributed by atoms with Crippen LogP contribution in [0.25, 0.3) is 6.08 Å². The molecule has 0 amide bonds. The third kappa shape index (κ3) is 7.13. The van der Waals surface area contributed by atoms with Crippen LogP contribution in [0.1, 0.15) is 59.8 Å². The van der Waals surface area contributed by atoms with Crippen molar-refractivity contribution in [3.8, 4) is 17.2 Å². The molecule has 1 N–H and O–H groups in total. The molecule has 3 aromatic carbocycles. The Hall–Kier alpha value is -4.43. The Labute approximate surface area is 288 Å².